The lowest BCUT2D eigenvalue weighted by atomic mass is 10.1. The lowest BCUT2D eigenvalue weighted by molar-refractivity contribution is 0.0937. The average Bonchev–Trinajstić information content (AvgIpc) is 3.39. The summed E-state index contributed by atoms with van der Waals surface area (Å²) in [5, 5.41) is 11.2. The number of nitrogens with zero attached hydrogens (tertiary/aromatic N) is 4. The van der Waals surface area contributed by atoms with Crippen LogP contribution in [0.15, 0.2) is 65.2 Å². The van der Waals surface area contributed by atoms with Gasteiger partial charge in [-0.15, -0.1) is 0 Å². The summed E-state index contributed by atoms with van der Waals surface area (Å²) in [6.07, 6.45) is 0. The van der Waals surface area contributed by atoms with E-state index in [-0.39, 0.29) is 12.5 Å². The van der Waals surface area contributed by atoms with Gasteiger partial charge in [-0.1, -0.05) is 47.6 Å². The van der Waals surface area contributed by atoms with E-state index in [1.165, 1.54) is 4.68 Å². The maximum atomic E-state index is 12.6. The summed E-state index contributed by atoms with van der Waals surface area (Å²) in [4.78, 5) is 16.9. The number of ether oxygens (including phenoxy) is 1. The predicted molar refractivity (Wildman–Crippen MR) is 106 cm³/mol. The normalized spacial score (nSPS) is 10.7. The van der Waals surface area contributed by atoms with Gasteiger partial charge in [0, 0.05) is 18.2 Å². The van der Waals surface area contributed by atoms with Gasteiger partial charge >= 0.3 is 0 Å². The molecular formula is C21H19N5O3. The Kier molecular flexibility index (Phi) is 5.07. The summed E-state index contributed by atoms with van der Waals surface area (Å²) in [6, 6.07) is 18.7. The van der Waals surface area contributed by atoms with E-state index in [2.05, 4.69) is 20.6 Å². The number of aromatic nitrogens is 4. The average molecular weight is 389 g/mol. The SMILES string of the molecule is COc1cccc(-c2cc(C(=O)NCc3nc(-c4ccccc4)no3)n(C)n2)c1. The number of aryl methyl sites for hydroxylation is 1. The third-order valence-corrected chi connectivity index (χ3v) is 4.38. The summed E-state index contributed by atoms with van der Waals surface area (Å²) < 4.78 is 12.0. The van der Waals surface area contributed by atoms with Gasteiger partial charge in [-0.05, 0) is 18.2 Å². The van der Waals surface area contributed by atoms with Crippen molar-refractivity contribution in [3.05, 3.63) is 72.2 Å². The van der Waals surface area contributed by atoms with Crippen molar-refractivity contribution >= 4 is 5.91 Å². The molecular weight excluding hydrogens is 370 g/mol. The summed E-state index contributed by atoms with van der Waals surface area (Å²) in [7, 11) is 3.33. The summed E-state index contributed by atoms with van der Waals surface area (Å²) in [5.41, 5.74) is 2.82. The van der Waals surface area contributed by atoms with Gasteiger partial charge in [-0.2, -0.15) is 10.1 Å². The first kappa shape index (κ1) is 18.4. The quantitative estimate of drug-likeness (QED) is 0.545. The fraction of sp³-hybridized carbons (Fsp3) is 0.143. The van der Waals surface area contributed by atoms with E-state index in [1.807, 2.05) is 54.6 Å². The zero-order valence-electron chi connectivity index (χ0n) is 16.0. The Balaban J connectivity index is 1.45. The zero-order valence-corrected chi connectivity index (χ0v) is 16.0. The van der Waals surface area contributed by atoms with Crippen molar-refractivity contribution in [3.63, 3.8) is 0 Å². The van der Waals surface area contributed by atoms with E-state index in [1.54, 1.807) is 20.2 Å². The summed E-state index contributed by atoms with van der Waals surface area (Å²) >= 11 is 0. The zero-order chi connectivity index (χ0) is 20.2. The number of nitrogens with one attached hydrogen (secondary N) is 1. The minimum atomic E-state index is -0.284. The van der Waals surface area contributed by atoms with E-state index >= 15 is 0 Å². The Morgan fingerprint density at radius 2 is 1.90 bits per heavy atom. The van der Waals surface area contributed by atoms with Crippen LogP contribution in [-0.2, 0) is 13.6 Å². The van der Waals surface area contributed by atoms with Crippen LogP contribution in [-0.4, -0.2) is 32.9 Å². The van der Waals surface area contributed by atoms with Crippen LogP contribution in [0.1, 0.15) is 16.4 Å². The van der Waals surface area contributed by atoms with Crippen LogP contribution >= 0.6 is 0 Å². The van der Waals surface area contributed by atoms with E-state index in [0.29, 0.717) is 23.1 Å². The largest absolute Gasteiger partial charge is 0.497 e. The maximum absolute atomic E-state index is 12.6. The Morgan fingerprint density at radius 1 is 1.10 bits per heavy atom. The van der Waals surface area contributed by atoms with Gasteiger partial charge in [0.1, 0.15) is 11.4 Å². The lowest BCUT2D eigenvalue weighted by Crippen LogP contribution is -2.25. The molecule has 0 saturated carbocycles. The van der Waals surface area contributed by atoms with Crippen LogP contribution in [0, 0.1) is 0 Å². The smallest absolute Gasteiger partial charge is 0.269 e. The Labute approximate surface area is 167 Å². The van der Waals surface area contributed by atoms with Crippen molar-refractivity contribution < 1.29 is 14.1 Å². The second-order valence-corrected chi connectivity index (χ2v) is 6.33. The van der Waals surface area contributed by atoms with Crippen LogP contribution in [0.2, 0.25) is 0 Å². The Hall–Kier alpha value is -3.94. The molecule has 146 valence electrons. The first-order valence-corrected chi connectivity index (χ1v) is 8.98. The van der Waals surface area contributed by atoms with Gasteiger partial charge in [0.05, 0.1) is 19.3 Å². The number of hydrogen-bond donors (Lipinski definition) is 1. The number of amides is 1. The monoisotopic (exact) mass is 389 g/mol. The molecule has 2 aromatic carbocycles. The standard InChI is InChI=1S/C21H19N5O3/c1-26-18(12-17(24-26)15-9-6-10-16(11-15)28-2)21(27)22-13-19-23-20(25-29-19)14-7-4-3-5-8-14/h3-12H,13H2,1-2H3,(H,22,27). The number of carbonyl (C=O) groups excluding carboxylic acids is 1. The van der Waals surface area contributed by atoms with Crippen LogP contribution in [0.5, 0.6) is 5.75 Å². The fourth-order valence-corrected chi connectivity index (χ4v) is 2.88. The van der Waals surface area contributed by atoms with Gasteiger partial charge < -0.3 is 14.6 Å². The highest BCUT2D eigenvalue weighted by molar-refractivity contribution is 5.93. The van der Waals surface area contributed by atoms with Crippen LogP contribution in [0.25, 0.3) is 22.6 Å². The first-order valence-electron chi connectivity index (χ1n) is 8.98. The molecule has 2 heterocycles. The molecule has 0 bridgehead atoms. The van der Waals surface area contributed by atoms with Gasteiger partial charge in [0.25, 0.3) is 5.91 Å². The molecule has 4 rings (SSSR count). The number of benzene rings is 2. The molecule has 0 unspecified atom stereocenters. The van der Waals surface area contributed by atoms with Gasteiger partial charge in [0.2, 0.25) is 11.7 Å². The highest BCUT2D eigenvalue weighted by atomic mass is 16.5. The van der Waals surface area contributed by atoms with Gasteiger partial charge in [0.15, 0.2) is 0 Å². The van der Waals surface area contributed by atoms with Crippen molar-refractivity contribution in [2.75, 3.05) is 7.11 Å². The highest BCUT2D eigenvalue weighted by Gasteiger charge is 2.16. The van der Waals surface area contributed by atoms with Gasteiger partial charge in [-0.25, -0.2) is 0 Å². The Morgan fingerprint density at radius 3 is 2.69 bits per heavy atom. The minimum Gasteiger partial charge on any atom is -0.497 e. The molecule has 0 aliphatic heterocycles. The molecule has 8 nitrogen and oxygen atoms in total. The molecule has 1 amide bonds. The maximum Gasteiger partial charge on any atom is 0.269 e. The third-order valence-electron chi connectivity index (χ3n) is 4.38. The Bertz CT molecular complexity index is 1130. The number of hydrogen-bond acceptors (Lipinski definition) is 6. The molecule has 0 atom stereocenters. The number of rotatable bonds is 6. The minimum absolute atomic E-state index is 0.123. The fourth-order valence-electron chi connectivity index (χ4n) is 2.88. The van der Waals surface area contributed by atoms with E-state index < -0.39 is 0 Å². The van der Waals surface area contributed by atoms with Crippen molar-refractivity contribution in [2.45, 2.75) is 6.54 Å². The number of methoxy groups -OCH3 is 1. The molecule has 0 spiro atoms. The van der Waals surface area contributed by atoms with E-state index in [0.717, 1.165) is 16.9 Å². The molecule has 8 heteroatoms. The van der Waals surface area contributed by atoms with Gasteiger partial charge in [-0.3, -0.25) is 9.48 Å². The van der Waals surface area contributed by atoms with Crippen molar-refractivity contribution in [3.8, 4) is 28.4 Å². The van der Waals surface area contributed by atoms with Crippen molar-refractivity contribution in [2.24, 2.45) is 7.05 Å². The molecule has 0 fully saturated rings. The summed E-state index contributed by atoms with van der Waals surface area (Å²) in [6.45, 7) is 0.123. The molecule has 0 aliphatic carbocycles. The second kappa shape index (κ2) is 7.97. The molecule has 4 aromatic rings. The third kappa shape index (κ3) is 4.01. The van der Waals surface area contributed by atoms with Crippen LogP contribution in [0.4, 0.5) is 0 Å². The molecule has 0 aliphatic rings. The van der Waals surface area contributed by atoms with Crippen LogP contribution < -0.4 is 10.1 Å². The van der Waals surface area contributed by atoms with E-state index in [4.69, 9.17) is 9.26 Å². The second-order valence-electron chi connectivity index (χ2n) is 6.33. The molecule has 1 N–H and O–H groups in total. The number of carbonyl (C=O) groups is 1. The van der Waals surface area contributed by atoms with Crippen molar-refractivity contribution in [1.82, 2.24) is 25.2 Å². The molecule has 0 saturated heterocycles. The molecule has 29 heavy (non-hydrogen) atoms. The molecule has 2 aromatic heterocycles. The topological polar surface area (TPSA) is 95.1 Å². The van der Waals surface area contributed by atoms with Crippen LogP contribution in [0.3, 0.4) is 0 Å². The first-order chi connectivity index (χ1) is 14.1. The summed E-state index contributed by atoms with van der Waals surface area (Å²) in [5.74, 6) is 1.25. The molecule has 0 radical (unpaired) electrons. The van der Waals surface area contributed by atoms with E-state index in [9.17, 15) is 4.79 Å². The lowest BCUT2D eigenvalue weighted by Gasteiger charge is -2.01. The predicted octanol–water partition coefficient (Wildman–Crippen LogP) is 3.08. The van der Waals surface area contributed by atoms with Crippen molar-refractivity contribution in [1.29, 1.82) is 0 Å². The highest BCUT2D eigenvalue weighted by Crippen LogP contribution is 2.23.